The highest BCUT2D eigenvalue weighted by Gasteiger charge is 2.02. The highest BCUT2D eigenvalue weighted by Crippen LogP contribution is 2.14. The third-order valence-electron chi connectivity index (χ3n) is 5.75. The van der Waals surface area contributed by atoms with E-state index in [0.717, 1.165) is 12.8 Å². The topological polar surface area (TPSA) is 61.3 Å². The van der Waals surface area contributed by atoms with E-state index in [-0.39, 0.29) is 12.1 Å². The molecule has 0 spiro atoms. The predicted molar refractivity (Wildman–Crippen MR) is 129 cm³/mol. The first-order valence-electron chi connectivity index (χ1n) is 13.0. The second-order valence-corrected chi connectivity index (χ2v) is 8.69. The maximum Gasteiger partial charge on any atom is 0.305 e. The lowest BCUT2D eigenvalue weighted by Crippen LogP contribution is -2.05. The zero-order valence-electron chi connectivity index (χ0n) is 20.3. The third kappa shape index (κ3) is 27.4. The summed E-state index contributed by atoms with van der Waals surface area (Å²) in [6.45, 7) is 5.13. The Kier molecular flexibility index (Phi) is 29.0. The summed E-state index contributed by atoms with van der Waals surface area (Å²) in [5, 5.41) is 0. The van der Waals surface area contributed by atoms with Crippen molar-refractivity contribution < 1.29 is 9.53 Å². The van der Waals surface area contributed by atoms with Crippen LogP contribution in [0.1, 0.15) is 155 Å². The van der Waals surface area contributed by atoms with Gasteiger partial charge in [-0.15, -0.1) is 0 Å². The Morgan fingerprint density at radius 1 is 0.483 bits per heavy atom. The SMILES string of the molecule is CCCCCCCCCCCCCCCCCCOC(=O)CCCCCCC.N. The van der Waals surface area contributed by atoms with Gasteiger partial charge >= 0.3 is 5.97 Å². The smallest absolute Gasteiger partial charge is 0.305 e. The number of carbonyl (C=O) groups excluding carboxylic acids is 1. The first-order chi connectivity index (χ1) is 13.8. The molecule has 0 saturated carbocycles. The fourth-order valence-corrected chi connectivity index (χ4v) is 3.78. The minimum Gasteiger partial charge on any atom is -0.466 e. The molecule has 3 nitrogen and oxygen atoms in total. The second kappa shape index (κ2) is 27.4. The molecule has 0 aliphatic carbocycles. The molecular formula is C26H55NO2. The largest absolute Gasteiger partial charge is 0.466 e. The van der Waals surface area contributed by atoms with Crippen LogP contribution in [0.2, 0.25) is 0 Å². The molecule has 3 N–H and O–H groups in total. The molecule has 0 unspecified atom stereocenters. The fraction of sp³-hybridized carbons (Fsp3) is 0.962. The van der Waals surface area contributed by atoms with Gasteiger partial charge in [0, 0.05) is 6.42 Å². The van der Waals surface area contributed by atoms with Crippen LogP contribution in [-0.4, -0.2) is 12.6 Å². The third-order valence-corrected chi connectivity index (χ3v) is 5.75. The van der Waals surface area contributed by atoms with Crippen LogP contribution in [0, 0.1) is 0 Å². The van der Waals surface area contributed by atoms with Crippen molar-refractivity contribution >= 4 is 5.97 Å². The molecule has 0 saturated heterocycles. The van der Waals surface area contributed by atoms with Crippen LogP contribution < -0.4 is 6.15 Å². The quantitative estimate of drug-likeness (QED) is 0.134. The second-order valence-electron chi connectivity index (χ2n) is 8.69. The van der Waals surface area contributed by atoms with Crippen molar-refractivity contribution in [2.75, 3.05) is 6.61 Å². The molecule has 29 heavy (non-hydrogen) atoms. The number of rotatable bonds is 23. The molecule has 0 amide bonds. The van der Waals surface area contributed by atoms with Gasteiger partial charge in [0.05, 0.1) is 6.61 Å². The van der Waals surface area contributed by atoms with Gasteiger partial charge in [0.2, 0.25) is 0 Å². The zero-order chi connectivity index (χ0) is 20.5. The van der Waals surface area contributed by atoms with Gasteiger partial charge in [-0.25, -0.2) is 0 Å². The fourth-order valence-electron chi connectivity index (χ4n) is 3.78. The molecule has 0 aromatic carbocycles. The lowest BCUT2D eigenvalue weighted by Gasteiger charge is -2.05. The molecule has 0 radical (unpaired) electrons. The number of unbranched alkanes of at least 4 members (excludes halogenated alkanes) is 19. The molecule has 0 aromatic heterocycles. The normalized spacial score (nSPS) is 10.7. The molecule has 0 atom stereocenters. The number of carbonyl (C=O) groups is 1. The van der Waals surface area contributed by atoms with Crippen molar-refractivity contribution in [1.29, 1.82) is 0 Å². The Hall–Kier alpha value is -0.570. The van der Waals surface area contributed by atoms with Crippen LogP contribution in [0.25, 0.3) is 0 Å². The molecule has 0 aromatic rings. The van der Waals surface area contributed by atoms with Crippen molar-refractivity contribution in [3.8, 4) is 0 Å². The summed E-state index contributed by atoms with van der Waals surface area (Å²) in [6, 6.07) is 0. The van der Waals surface area contributed by atoms with Crippen molar-refractivity contribution in [2.45, 2.75) is 155 Å². The minimum atomic E-state index is 0. The summed E-state index contributed by atoms with van der Waals surface area (Å²) in [4.78, 5) is 11.6. The van der Waals surface area contributed by atoms with Gasteiger partial charge in [0.15, 0.2) is 0 Å². The molecule has 176 valence electrons. The van der Waals surface area contributed by atoms with Gasteiger partial charge in [0.1, 0.15) is 0 Å². The Balaban J connectivity index is 0. The highest BCUT2D eigenvalue weighted by atomic mass is 16.5. The molecule has 0 heterocycles. The van der Waals surface area contributed by atoms with E-state index in [2.05, 4.69) is 13.8 Å². The molecule has 0 fully saturated rings. The van der Waals surface area contributed by atoms with E-state index in [0.29, 0.717) is 13.0 Å². The van der Waals surface area contributed by atoms with E-state index >= 15 is 0 Å². The number of ether oxygens (including phenoxy) is 1. The molecule has 0 bridgehead atoms. The van der Waals surface area contributed by atoms with Crippen LogP contribution in [0.3, 0.4) is 0 Å². The summed E-state index contributed by atoms with van der Waals surface area (Å²) in [5.74, 6) is 0.0115. The van der Waals surface area contributed by atoms with Crippen molar-refractivity contribution in [1.82, 2.24) is 6.15 Å². The summed E-state index contributed by atoms with van der Waals surface area (Å²) in [5.41, 5.74) is 0. The average molecular weight is 414 g/mol. The van der Waals surface area contributed by atoms with Crippen molar-refractivity contribution in [2.24, 2.45) is 0 Å². The van der Waals surface area contributed by atoms with E-state index in [1.165, 1.54) is 122 Å². The van der Waals surface area contributed by atoms with Crippen LogP contribution in [-0.2, 0) is 9.53 Å². The van der Waals surface area contributed by atoms with Crippen LogP contribution in [0.15, 0.2) is 0 Å². The van der Waals surface area contributed by atoms with Gasteiger partial charge in [-0.05, 0) is 12.8 Å². The van der Waals surface area contributed by atoms with E-state index in [9.17, 15) is 4.79 Å². The Morgan fingerprint density at radius 2 is 0.793 bits per heavy atom. The maximum absolute atomic E-state index is 11.6. The van der Waals surface area contributed by atoms with Gasteiger partial charge in [0.25, 0.3) is 0 Å². The number of esters is 1. The predicted octanol–water partition coefficient (Wildman–Crippen LogP) is 9.31. The Labute approximate surface area is 183 Å². The monoisotopic (exact) mass is 413 g/mol. The molecule has 0 rings (SSSR count). The van der Waals surface area contributed by atoms with E-state index in [1.807, 2.05) is 0 Å². The van der Waals surface area contributed by atoms with Gasteiger partial charge < -0.3 is 10.9 Å². The van der Waals surface area contributed by atoms with Gasteiger partial charge in [-0.1, -0.05) is 136 Å². The minimum absolute atomic E-state index is 0. The standard InChI is InChI=1S/C26H52O2.H3N/c1-3-5-7-9-10-11-12-13-14-15-16-17-18-19-21-23-25-28-26(27)24-22-20-8-6-4-2;/h3-25H2,1-2H3;1H3. The molecule has 0 aliphatic rings. The lowest BCUT2D eigenvalue weighted by molar-refractivity contribution is -0.143. The first-order valence-corrected chi connectivity index (χ1v) is 13.0. The van der Waals surface area contributed by atoms with Crippen molar-refractivity contribution in [3.63, 3.8) is 0 Å². The van der Waals surface area contributed by atoms with Crippen LogP contribution in [0.5, 0.6) is 0 Å². The Morgan fingerprint density at radius 3 is 1.17 bits per heavy atom. The highest BCUT2D eigenvalue weighted by molar-refractivity contribution is 5.69. The van der Waals surface area contributed by atoms with Crippen LogP contribution in [0.4, 0.5) is 0 Å². The molecule has 0 aliphatic heterocycles. The lowest BCUT2D eigenvalue weighted by atomic mass is 10.0. The number of hydrogen-bond acceptors (Lipinski definition) is 3. The van der Waals surface area contributed by atoms with E-state index in [4.69, 9.17) is 4.74 Å². The molecule has 3 heteroatoms. The molecular weight excluding hydrogens is 358 g/mol. The van der Waals surface area contributed by atoms with Crippen LogP contribution >= 0.6 is 0 Å². The zero-order valence-corrected chi connectivity index (χ0v) is 20.3. The van der Waals surface area contributed by atoms with Crippen molar-refractivity contribution in [3.05, 3.63) is 0 Å². The summed E-state index contributed by atoms with van der Waals surface area (Å²) < 4.78 is 5.33. The maximum atomic E-state index is 11.6. The van der Waals surface area contributed by atoms with Gasteiger partial charge in [-0.3, -0.25) is 4.79 Å². The Bertz CT molecular complexity index is 307. The van der Waals surface area contributed by atoms with E-state index in [1.54, 1.807) is 0 Å². The van der Waals surface area contributed by atoms with Gasteiger partial charge in [-0.2, -0.15) is 0 Å². The average Bonchev–Trinajstić information content (AvgIpc) is 2.70. The van der Waals surface area contributed by atoms with E-state index < -0.39 is 0 Å². The summed E-state index contributed by atoms with van der Waals surface area (Å²) in [6.07, 6.45) is 28.6. The first kappa shape index (κ1) is 30.6. The summed E-state index contributed by atoms with van der Waals surface area (Å²) in [7, 11) is 0. The summed E-state index contributed by atoms with van der Waals surface area (Å²) >= 11 is 0. The number of hydrogen-bond donors (Lipinski definition) is 1.